The van der Waals surface area contributed by atoms with Gasteiger partial charge in [-0.25, -0.2) is 9.78 Å². The van der Waals surface area contributed by atoms with E-state index in [1.54, 1.807) is 0 Å². The monoisotopic (exact) mass is 243 g/mol. The molecular formula is C14H13NO3. The van der Waals surface area contributed by atoms with Crippen molar-refractivity contribution in [2.24, 2.45) is 0 Å². The summed E-state index contributed by atoms with van der Waals surface area (Å²) in [7, 11) is 0. The predicted octanol–water partition coefficient (Wildman–Crippen LogP) is 3.31. The van der Waals surface area contributed by atoms with Crippen molar-refractivity contribution in [3.63, 3.8) is 0 Å². The third-order valence-corrected chi connectivity index (χ3v) is 3.35. The Morgan fingerprint density at radius 3 is 2.56 bits per heavy atom. The molecule has 2 aromatic rings. The van der Waals surface area contributed by atoms with Crippen LogP contribution in [-0.2, 0) is 0 Å². The van der Waals surface area contributed by atoms with Gasteiger partial charge in [0.25, 0.3) is 0 Å². The van der Waals surface area contributed by atoms with Gasteiger partial charge in [0.15, 0.2) is 5.69 Å². The number of aromatic carboxylic acids is 1. The van der Waals surface area contributed by atoms with Crippen LogP contribution in [0.5, 0.6) is 0 Å². The first-order valence-electron chi connectivity index (χ1n) is 6.05. The summed E-state index contributed by atoms with van der Waals surface area (Å²) >= 11 is 0. The Kier molecular flexibility index (Phi) is 2.63. The molecule has 0 aliphatic heterocycles. The van der Waals surface area contributed by atoms with Crippen LogP contribution in [0.2, 0.25) is 0 Å². The van der Waals surface area contributed by atoms with Crippen molar-refractivity contribution in [1.82, 2.24) is 4.98 Å². The minimum atomic E-state index is -1.01. The summed E-state index contributed by atoms with van der Waals surface area (Å²) in [6.45, 7) is 0. The molecule has 92 valence electrons. The Morgan fingerprint density at radius 1 is 1.28 bits per heavy atom. The minimum absolute atomic E-state index is 0.0681. The average Bonchev–Trinajstić information content (AvgIpc) is 2.73. The molecule has 3 rings (SSSR count). The fourth-order valence-corrected chi connectivity index (χ4v) is 2.14. The molecule has 0 bridgehead atoms. The predicted molar refractivity (Wildman–Crippen MR) is 65.5 cm³/mol. The molecule has 4 nitrogen and oxygen atoms in total. The SMILES string of the molecule is O=C(O)c1nc(-c2ccccc2)oc1C1CCC1. The maximum Gasteiger partial charge on any atom is 0.358 e. The van der Waals surface area contributed by atoms with Crippen LogP contribution < -0.4 is 0 Å². The molecule has 0 spiro atoms. The largest absolute Gasteiger partial charge is 0.476 e. The number of hydrogen-bond donors (Lipinski definition) is 1. The number of carbonyl (C=O) groups is 1. The van der Waals surface area contributed by atoms with E-state index in [1.807, 2.05) is 30.3 Å². The Bertz CT molecular complexity index is 570. The highest BCUT2D eigenvalue weighted by Gasteiger charge is 2.30. The average molecular weight is 243 g/mol. The van der Waals surface area contributed by atoms with E-state index in [0.717, 1.165) is 24.8 Å². The van der Waals surface area contributed by atoms with Gasteiger partial charge in [-0.2, -0.15) is 0 Å². The molecule has 0 saturated heterocycles. The molecule has 1 N–H and O–H groups in total. The fourth-order valence-electron chi connectivity index (χ4n) is 2.14. The van der Waals surface area contributed by atoms with Gasteiger partial charge < -0.3 is 9.52 Å². The van der Waals surface area contributed by atoms with Gasteiger partial charge in [0.1, 0.15) is 5.76 Å². The van der Waals surface area contributed by atoms with E-state index in [1.165, 1.54) is 0 Å². The molecule has 1 aromatic heterocycles. The molecule has 1 aliphatic carbocycles. The van der Waals surface area contributed by atoms with Crippen molar-refractivity contribution in [2.75, 3.05) is 0 Å². The van der Waals surface area contributed by atoms with Gasteiger partial charge in [0.2, 0.25) is 5.89 Å². The van der Waals surface area contributed by atoms with Gasteiger partial charge in [-0.15, -0.1) is 0 Å². The lowest BCUT2D eigenvalue weighted by Crippen LogP contribution is -2.12. The summed E-state index contributed by atoms with van der Waals surface area (Å²) in [5.41, 5.74) is 0.879. The number of nitrogens with zero attached hydrogens (tertiary/aromatic N) is 1. The number of hydrogen-bond acceptors (Lipinski definition) is 3. The van der Waals surface area contributed by atoms with Gasteiger partial charge >= 0.3 is 5.97 Å². The zero-order chi connectivity index (χ0) is 12.5. The first-order valence-corrected chi connectivity index (χ1v) is 6.05. The molecule has 0 radical (unpaired) electrons. The molecule has 1 aromatic carbocycles. The number of benzene rings is 1. The van der Waals surface area contributed by atoms with Crippen LogP contribution in [0.4, 0.5) is 0 Å². The van der Waals surface area contributed by atoms with Crippen LogP contribution in [0.15, 0.2) is 34.7 Å². The highest BCUT2D eigenvalue weighted by Crippen LogP contribution is 2.39. The zero-order valence-electron chi connectivity index (χ0n) is 9.80. The van der Waals surface area contributed by atoms with E-state index in [4.69, 9.17) is 4.42 Å². The molecule has 4 heteroatoms. The van der Waals surface area contributed by atoms with Crippen LogP contribution in [0.25, 0.3) is 11.5 Å². The number of aromatic nitrogens is 1. The van der Waals surface area contributed by atoms with E-state index in [2.05, 4.69) is 4.98 Å². The maximum atomic E-state index is 11.2. The molecule has 1 aliphatic rings. The second-order valence-corrected chi connectivity index (χ2v) is 4.53. The van der Waals surface area contributed by atoms with Crippen LogP contribution in [0.1, 0.15) is 41.4 Å². The minimum Gasteiger partial charge on any atom is -0.476 e. The van der Waals surface area contributed by atoms with Crippen molar-refractivity contribution < 1.29 is 14.3 Å². The molecule has 0 atom stereocenters. The summed E-state index contributed by atoms with van der Waals surface area (Å²) in [4.78, 5) is 15.3. The molecule has 0 amide bonds. The number of carboxylic acids is 1. The molecule has 1 saturated carbocycles. The van der Waals surface area contributed by atoms with E-state index in [0.29, 0.717) is 11.7 Å². The van der Waals surface area contributed by atoms with Gasteiger partial charge in [-0.05, 0) is 25.0 Å². The number of carboxylic acid groups (broad SMARTS) is 1. The second kappa shape index (κ2) is 4.29. The highest BCUT2D eigenvalue weighted by molar-refractivity contribution is 5.87. The van der Waals surface area contributed by atoms with Crippen molar-refractivity contribution in [1.29, 1.82) is 0 Å². The summed E-state index contributed by atoms with van der Waals surface area (Å²) in [6.07, 6.45) is 3.11. The van der Waals surface area contributed by atoms with E-state index in [-0.39, 0.29) is 11.6 Å². The first kappa shape index (κ1) is 11.0. The lowest BCUT2D eigenvalue weighted by molar-refractivity contribution is 0.0687. The topological polar surface area (TPSA) is 63.3 Å². The molecule has 1 fully saturated rings. The third-order valence-electron chi connectivity index (χ3n) is 3.35. The van der Waals surface area contributed by atoms with E-state index >= 15 is 0 Å². The van der Waals surface area contributed by atoms with Crippen LogP contribution in [-0.4, -0.2) is 16.1 Å². The van der Waals surface area contributed by atoms with Gasteiger partial charge in [0.05, 0.1) is 0 Å². The van der Waals surface area contributed by atoms with E-state index < -0.39 is 5.97 Å². The van der Waals surface area contributed by atoms with Gasteiger partial charge in [-0.1, -0.05) is 24.6 Å². The summed E-state index contributed by atoms with van der Waals surface area (Å²) < 4.78 is 5.67. The number of rotatable bonds is 3. The van der Waals surface area contributed by atoms with Crippen LogP contribution >= 0.6 is 0 Å². The Labute approximate surface area is 104 Å². The summed E-state index contributed by atoms with van der Waals surface area (Å²) in [6, 6.07) is 9.38. The Hall–Kier alpha value is -2.10. The van der Waals surface area contributed by atoms with E-state index in [9.17, 15) is 9.90 Å². The fraction of sp³-hybridized carbons (Fsp3) is 0.286. The standard InChI is InChI=1S/C14H13NO3/c16-14(17)11-12(9-7-4-8-9)18-13(15-11)10-5-2-1-3-6-10/h1-3,5-6,9H,4,7-8H2,(H,16,17). The molecule has 0 unspecified atom stereocenters. The van der Waals surface area contributed by atoms with Crippen molar-refractivity contribution in [3.8, 4) is 11.5 Å². The van der Waals surface area contributed by atoms with Crippen molar-refractivity contribution in [3.05, 3.63) is 41.8 Å². The summed E-state index contributed by atoms with van der Waals surface area (Å²) in [5.74, 6) is 0.145. The zero-order valence-corrected chi connectivity index (χ0v) is 9.80. The molecule has 18 heavy (non-hydrogen) atoms. The smallest absolute Gasteiger partial charge is 0.358 e. The van der Waals surface area contributed by atoms with Crippen molar-refractivity contribution >= 4 is 5.97 Å². The van der Waals surface area contributed by atoms with Gasteiger partial charge in [0, 0.05) is 11.5 Å². The van der Waals surface area contributed by atoms with Crippen LogP contribution in [0, 0.1) is 0 Å². The maximum absolute atomic E-state index is 11.2. The normalized spacial score (nSPS) is 15.3. The van der Waals surface area contributed by atoms with Crippen molar-refractivity contribution in [2.45, 2.75) is 25.2 Å². The molecule has 1 heterocycles. The number of oxazole rings is 1. The highest BCUT2D eigenvalue weighted by atomic mass is 16.4. The van der Waals surface area contributed by atoms with Crippen LogP contribution in [0.3, 0.4) is 0 Å². The van der Waals surface area contributed by atoms with Gasteiger partial charge in [-0.3, -0.25) is 0 Å². The quantitative estimate of drug-likeness (QED) is 0.898. The lowest BCUT2D eigenvalue weighted by atomic mass is 9.83. The lowest BCUT2D eigenvalue weighted by Gasteiger charge is -2.22. The summed E-state index contributed by atoms with van der Waals surface area (Å²) in [5, 5.41) is 9.17. The second-order valence-electron chi connectivity index (χ2n) is 4.53. The molecular weight excluding hydrogens is 230 g/mol. The third kappa shape index (κ3) is 1.79. The Morgan fingerprint density at radius 2 is 2.00 bits per heavy atom. The Balaban J connectivity index is 2.04. The first-order chi connectivity index (χ1) is 8.75.